The molecular formula is C15H22N2O3. The van der Waals surface area contributed by atoms with Gasteiger partial charge in [0.2, 0.25) is 0 Å². The molecule has 0 aromatic heterocycles. The summed E-state index contributed by atoms with van der Waals surface area (Å²) in [7, 11) is 0. The number of carboxylic acids is 1. The van der Waals surface area contributed by atoms with Crippen molar-refractivity contribution in [2.24, 2.45) is 5.41 Å². The van der Waals surface area contributed by atoms with Gasteiger partial charge in [-0.25, -0.2) is 4.79 Å². The van der Waals surface area contributed by atoms with Gasteiger partial charge >= 0.3 is 12.0 Å². The largest absolute Gasteiger partial charge is 0.481 e. The molecule has 1 rings (SSSR count). The molecule has 0 aliphatic rings. The number of amides is 2. The van der Waals surface area contributed by atoms with Crippen LogP contribution in [0.4, 0.5) is 10.5 Å². The third-order valence-electron chi connectivity index (χ3n) is 3.04. The van der Waals surface area contributed by atoms with Crippen molar-refractivity contribution >= 4 is 17.7 Å². The van der Waals surface area contributed by atoms with Gasteiger partial charge in [0.1, 0.15) is 0 Å². The van der Waals surface area contributed by atoms with E-state index in [4.69, 9.17) is 5.11 Å². The quantitative estimate of drug-likeness (QED) is 0.792. The zero-order valence-electron chi connectivity index (χ0n) is 12.4. The zero-order chi connectivity index (χ0) is 15.3. The number of carboxylic acid groups (broad SMARTS) is 1. The monoisotopic (exact) mass is 278 g/mol. The lowest BCUT2D eigenvalue weighted by Gasteiger charge is -2.30. The number of carbonyl (C=O) groups excluding carboxylic acids is 1. The van der Waals surface area contributed by atoms with E-state index >= 15 is 0 Å². The van der Waals surface area contributed by atoms with Gasteiger partial charge in [-0.05, 0) is 24.5 Å². The molecule has 0 heterocycles. The van der Waals surface area contributed by atoms with Crippen LogP contribution in [0.1, 0.15) is 32.8 Å². The third kappa shape index (κ3) is 5.30. The fourth-order valence-corrected chi connectivity index (χ4v) is 1.71. The first-order valence-electron chi connectivity index (χ1n) is 6.54. The van der Waals surface area contributed by atoms with Gasteiger partial charge in [-0.15, -0.1) is 0 Å². The molecular weight excluding hydrogens is 256 g/mol. The van der Waals surface area contributed by atoms with Crippen LogP contribution in [0, 0.1) is 12.3 Å². The molecule has 1 aromatic rings. The van der Waals surface area contributed by atoms with Crippen molar-refractivity contribution in [3.63, 3.8) is 0 Å². The Kier molecular flexibility index (Phi) is 5.13. The average Bonchev–Trinajstić information content (AvgIpc) is 2.29. The summed E-state index contributed by atoms with van der Waals surface area (Å²) in [5.41, 5.74) is 1.45. The van der Waals surface area contributed by atoms with Crippen molar-refractivity contribution in [3.8, 4) is 0 Å². The maximum Gasteiger partial charge on any atom is 0.319 e. The van der Waals surface area contributed by atoms with Crippen LogP contribution in [-0.4, -0.2) is 23.1 Å². The van der Waals surface area contributed by atoms with Crippen LogP contribution in [0.3, 0.4) is 0 Å². The number of anilines is 1. The summed E-state index contributed by atoms with van der Waals surface area (Å²) in [6.45, 7) is 7.65. The highest BCUT2D eigenvalue weighted by Gasteiger charge is 2.28. The number of aliphatic carboxylic acids is 1. The van der Waals surface area contributed by atoms with Crippen LogP contribution in [0.25, 0.3) is 0 Å². The summed E-state index contributed by atoms with van der Waals surface area (Å²) in [6, 6.07) is 6.57. The van der Waals surface area contributed by atoms with Gasteiger partial charge < -0.3 is 15.7 Å². The molecule has 0 saturated carbocycles. The van der Waals surface area contributed by atoms with E-state index in [9.17, 15) is 9.59 Å². The van der Waals surface area contributed by atoms with Crippen molar-refractivity contribution in [1.29, 1.82) is 0 Å². The summed E-state index contributed by atoms with van der Waals surface area (Å²) in [5, 5.41) is 14.3. The number of urea groups is 1. The van der Waals surface area contributed by atoms with Crippen molar-refractivity contribution in [2.75, 3.05) is 5.32 Å². The van der Waals surface area contributed by atoms with E-state index in [1.54, 1.807) is 12.1 Å². The average molecular weight is 278 g/mol. The minimum atomic E-state index is -0.930. The lowest BCUT2D eigenvalue weighted by atomic mass is 9.85. The first kappa shape index (κ1) is 16.0. The number of benzene rings is 1. The van der Waals surface area contributed by atoms with Crippen molar-refractivity contribution in [1.82, 2.24) is 5.32 Å². The molecule has 1 atom stereocenters. The number of nitrogens with one attached hydrogen (secondary N) is 2. The first-order valence-corrected chi connectivity index (χ1v) is 6.54. The minimum absolute atomic E-state index is 0.106. The summed E-state index contributed by atoms with van der Waals surface area (Å²) in [4.78, 5) is 22.8. The van der Waals surface area contributed by atoms with Crippen molar-refractivity contribution < 1.29 is 14.7 Å². The molecule has 2 amide bonds. The molecule has 1 aromatic carbocycles. The van der Waals surface area contributed by atoms with Crippen LogP contribution in [0.15, 0.2) is 24.3 Å². The second kappa shape index (κ2) is 6.41. The second-order valence-electron chi connectivity index (χ2n) is 5.98. The Morgan fingerprint density at radius 1 is 1.20 bits per heavy atom. The lowest BCUT2D eigenvalue weighted by Crippen LogP contribution is -2.46. The van der Waals surface area contributed by atoms with Gasteiger partial charge in [-0.3, -0.25) is 4.79 Å². The highest BCUT2D eigenvalue weighted by molar-refractivity contribution is 5.89. The van der Waals surface area contributed by atoms with Gasteiger partial charge in [-0.1, -0.05) is 38.5 Å². The number of aryl methyl sites for hydroxylation is 1. The number of rotatable bonds is 4. The van der Waals surface area contributed by atoms with Gasteiger partial charge in [0.05, 0.1) is 6.42 Å². The molecule has 20 heavy (non-hydrogen) atoms. The van der Waals surface area contributed by atoms with Crippen LogP contribution in [0.5, 0.6) is 0 Å². The zero-order valence-corrected chi connectivity index (χ0v) is 12.4. The van der Waals surface area contributed by atoms with E-state index in [2.05, 4.69) is 10.6 Å². The smallest absolute Gasteiger partial charge is 0.319 e. The highest BCUT2D eigenvalue weighted by Crippen LogP contribution is 2.22. The fraction of sp³-hybridized carbons (Fsp3) is 0.467. The Hall–Kier alpha value is -2.04. The van der Waals surface area contributed by atoms with Gasteiger partial charge in [-0.2, -0.15) is 0 Å². The number of hydrogen-bond acceptors (Lipinski definition) is 2. The summed E-state index contributed by atoms with van der Waals surface area (Å²) < 4.78 is 0. The Morgan fingerprint density at radius 3 is 2.20 bits per heavy atom. The van der Waals surface area contributed by atoms with Crippen LogP contribution >= 0.6 is 0 Å². The fourth-order valence-electron chi connectivity index (χ4n) is 1.71. The van der Waals surface area contributed by atoms with Gasteiger partial charge in [0.25, 0.3) is 0 Å². The van der Waals surface area contributed by atoms with E-state index in [1.165, 1.54) is 0 Å². The minimum Gasteiger partial charge on any atom is -0.481 e. The maximum atomic E-state index is 11.9. The van der Waals surface area contributed by atoms with Crippen molar-refractivity contribution in [3.05, 3.63) is 29.8 Å². The number of hydrogen-bond donors (Lipinski definition) is 3. The van der Waals surface area contributed by atoms with E-state index in [0.29, 0.717) is 5.69 Å². The molecule has 0 spiro atoms. The summed E-state index contributed by atoms with van der Waals surface area (Å²) in [6.07, 6.45) is -0.106. The molecule has 0 radical (unpaired) electrons. The Morgan fingerprint density at radius 2 is 1.75 bits per heavy atom. The van der Waals surface area contributed by atoms with Crippen LogP contribution in [0.2, 0.25) is 0 Å². The second-order valence-corrected chi connectivity index (χ2v) is 5.98. The molecule has 5 nitrogen and oxygen atoms in total. The topological polar surface area (TPSA) is 78.4 Å². The SMILES string of the molecule is Cc1ccc(NC(=O)NC(CC(=O)O)C(C)(C)C)cc1. The predicted octanol–water partition coefficient (Wildman–Crippen LogP) is 3.01. The van der Waals surface area contributed by atoms with E-state index < -0.39 is 18.0 Å². The normalized spacial score (nSPS) is 12.6. The van der Waals surface area contributed by atoms with E-state index in [0.717, 1.165) is 5.56 Å². The first-order chi connectivity index (χ1) is 9.18. The summed E-state index contributed by atoms with van der Waals surface area (Å²) in [5.74, 6) is -0.930. The number of carbonyl (C=O) groups is 2. The Bertz CT molecular complexity index is 475. The van der Waals surface area contributed by atoms with Crippen LogP contribution in [-0.2, 0) is 4.79 Å². The molecule has 5 heteroatoms. The maximum absolute atomic E-state index is 11.9. The Labute approximate surface area is 119 Å². The predicted molar refractivity (Wildman–Crippen MR) is 78.8 cm³/mol. The molecule has 1 unspecified atom stereocenters. The Balaban J connectivity index is 2.66. The van der Waals surface area contributed by atoms with Gasteiger partial charge in [0.15, 0.2) is 0 Å². The molecule has 3 N–H and O–H groups in total. The van der Waals surface area contributed by atoms with Crippen LogP contribution < -0.4 is 10.6 Å². The lowest BCUT2D eigenvalue weighted by molar-refractivity contribution is -0.138. The molecule has 0 aliphatic carbocycles. The molecule has 0 aliphatic heterocycles. The van der Waals surface area contributed by atoms with E-state index in [1.807, 2.05) is 39.8 Å². The molecule has 110 valence electrons. The molecule has 0 saturated heterocycles. The molecule has 0 bridgehead atoms. The third-order valence-corrected chi connectivity index (χ3v) is 3.04. The van der Waals surface area contributed by atoms with Crippen molar-refractivity contribution in [2.45, 2.75) is 40.2 Å². The summed E-state index contributed by atoms with van der Waals surface area (Å²) >= 11 is 0. The highest BCUT2D eigenvalue weighted by atomic mass is 16.4. The van der Waals surface area contributed by atoms with Gasteiger partial charge in [0, 0.05) is 11.7 Å². The molecule has 0 fully saturated rings. The van der Waals surface area contributed by atoms with E-state index in [-0.39, 0.29) is 11.8 Å². The standard InChI is InChI=1S/C15H22N2O3/c1-10-5-7-11(8-6-10)16-14(20)17-12(9-13(18)19)15(2,3)4/h5-8,12H,9H2,1-4H3,(H,18,19)(H2,16,17,20).